The Hall–Kier alpha value is -1.10. The number of nitrogens with zero attached hydrogens (tertiary/aromatic N) is 1. The fraction of sp³-hybridized carbons (Fsp3) is 0.562. The zero-order valence-corrected chi connectivity index (χ0v) is 13.4. The van der Waals surface area contributed by atoms with Crippen molar-refractivity contribution in [2.45, 2.75) is 32.4 Å². The van der Waals surface area contributed by atoms with Crippen molar-refractivity contribution in [1.82, 2.24) is 10.2 Å². The molecule has 5 heteroatoms. The Morgan fingerprint density at radius 2 is 1.90 bits per heavy atom. The molecule has 1 N–H and O–H groups in total. The standard InChI is InChI=1S/C16H23ClN2O2/c1-12(11-14-3-5-15(17)6-4-14)18-13(2)16(20)19-7-9-21-10-8-19/h3-6,12-13,18H,7-11H2,1-2H3/t12-,13+/m0/s1. The fourth-order valence-electron chi connectivity index (χ4n) is 2.59. The third kappa shape index (κ3) is 4.99. The van der Waals surface area contributed by atoms with Crippen LogP contribution >= 0.6 is 11.6 Å². The maximum atomic E-state index is 12.3. The van der Waals surface area contributed by atoms with Crippen LogP contribution in [0.1, 0.15) is 19.4 Å². The Labute approximate surface area is 131 Å². The third-order valence-electron chi connectivity index (χ3n) is 3.68. The highest BCUT2D eigenvalue weighted by Crippen LogP contribution is 2.11. The smallest absolute Gasteiger partial charge is 0.239 e. The molecule has 1 fully saturated rings. The molecule has 1 heterocycles. The summed E-state index contributed by atoms with van der Waals surface area (Å²) in [5, 5.41) is 4.12. The molecule has 0 saturated carbocycles. The Kier molecular flexibility index (Phi) is 6.03. The van der Waals surface area contributed by atoms with E-state index in [1.807, 2.05) is 36.1 Å². The van der Waals surface area contributed by atoms with Crippen LogP contribution in [0.2, 0.25) is 5.02 Å². The van der Waals surface area contributed by atoms with Gasteiger partial charge in [-0.1, -0.05) is 23.7 Å². The highest BCUT2D eigenvalue weighted by Gasteiger charge is 2.23. The maximum absolute atomic E-state index is 12.3. The maximum Gasteiger partial charge on any atom is 0.239 e. The van der Waals surface area contributed by atoms with Crippen molar-refractivity contribution >= 4 is 17.5 Å². The molecule has 2 atom stereocenters. The summed E-state index contributed by atoms with van der Waals surface area (Å²) < 4.78 is 5.27. The molecular formula is C16H23ClN2O2. The van der Waals surface area contributed by atoms with Gasteiger partial charge in [-0.25, -0.2) is 0 Å². The molecule has 1 amide bonds. The first-order chi connectivity index (χ1) is 10.1. The SMILES string of the molecule is C[C@@H](Cc1ccc(Cl)cc1)N[C@H](C)C(=O)N1CCOCC1. The van der Waals surface area contributed by atoms with Gasteiger partial charge in [-0.15, -0.1) is 0 Å². The summed E-state index contributed by atoms with van der Waals surface area (Å²) in [6, 6.07) is 7.89. The number of ether oxygens (including phenoxy) is 1. The number of nitrogens with one attached hydrogen (secondary N) is 1. The van der Waals surface area contributed by atoms with Crippen LogP contribution in [0.3, 0.4) is 0 Å². The van der Waals surface area contributed by atoms with E-state index in [0.717, 1.165) is 11.4 Å². The van der Waals surface area contributed by atoms with Gasteiger partial charge in [-0.2, -0.15) is 0 Å². The summed E-state index contributed by atoms with van der Waals surface area (Å²) in [5.41, 5.74) is 1.21. The van der Waals surface area contributed by atoms with Crippen LogP contribution in [-0.4, -0.2) is 49.2 Å². The Balaban J connectivity index is 1.82. The van der Waals surface area contributed by atoms with E-state index < -0.39 is 0 Å². The lowest BCUT2D eigenvalue weighted by atomic mass is 10.1. The normalized spacial score (nSPS) is 18.3. The first kappa shape index (κ1) is 16.3. The minimum atomic E-state index is -0.176. The van der Waals surface area contributed by atoms with Crippen LogP contribution in [0.15, 0.2) is 24.3 Å². The molecule has 0 aliphatic carbocycles. The Morgan fingerprint density at radius 3 is 2.52 bits per heavy atom. The minimum Gasteiger partial charge on any atom is -0.378 e. The number of morpholine rings is 1. The van der Waals surface area contributed by atoms with Gasteiger partial charge in [0.1, 0.15) is 0 Å². The summed E-state index contributed by atoms with van der Waals surface area (Å²) in [6.07, 6.45) is 0.873. The molecule has 1 aromatic rings. The third-order valence-corrected chi connectivity index (χ3v) is 3.93. The highest BCUT2D eigenvalue weighted by molar-refractivity contribution is 6.30. The van der Waals surface area contributed by atoms with Crippen molar-refractivity contribution in [3.05, 3.63) is 34.9 Å². The van der Waals surface area contributed by atoms with E-state index in [1.165, 1.54) is 5.56 Å². The molecule has 0 aromatic heterocycles. The number of hydrogen-bond donors (Lipinski definition) is 1. The van der Waals surface area contributed by atoms with Gasteiger partial charge in [-0.05, 0) is 38.0 Å². The molecule has 0 unspecified atom stereocenters. The van der Waals surface area contributed by atoms with Crippen LogP contribution in [0, 0.1) is 0 Å². The first-order valence-corrected chi connectivity index (χ1v) is 7.81. The van der Waals surface area contributed by atoms with Gasteiger partial charge in [0, 0.05) is 24.2 Å². The van der Waals surface area contributed by atoms with E-state index in [1.54, 1.807) is 0 Å². The molecule has 0 bridgehead atoms. The number of hydrogen-bond acceptors (Lipinski definition) is 3. The van der Waals surface area contributed by atoms with Crippen LogP contribution in [0.25, 0.3) is 0 Å². The molecule has 1 aliphatic rings. The van der Waals surface area contributed by atoms with Gasteiger partial charge >= 0.3 is 0 Å². The molecule has 116 valence electrons. The summed E-state index contributed by atoms with van der Waals surface area (Å²) in [5.74, 6) is 0.154. The quantitative estimate of drug-likeness (QED) is 0.905. The molecular weight excluding hydrogens is 288 g/mol. The number of halogens is 1. The summed E-state index contributed by atoms with van der Waals surface area (Å²) in [7, 11) is 0. The van der Waals surface area contributed by atoms with E-state index in [2.05, 4.69) is 12.2 Å². The largest absolute Gasteiger partial charge is 0.378 e. The van der Waals surface area contributed by atoms with Gasteiger partial charge in [0.15, 0.2) is 0 Å². The van der Waals surface area contributed by atoms with Crippen LogP contribution in [-0.2, 0) is 16.0 Å². The average molecular weight is 311 g/mol. The second kappa shape index (κ2) is 7.78. The topological polar surface area (TPSA) is 41.6 Å². The Morgan fingerprint density at radius 1 is 1.29 bits per heavy atom. The molecule has 4 nitrogen and oxygen atoms in total. The average Bonchev–Trinajstić information content (AvgIpc) is 2.49. The number of rotatable bonds is 5. The fourth-order valence-corrected chi connectivity index (χ4v) is 2.71. The first-order valence-electron chi connectivity index (χ1n) is 7.43. The minimum absolute atomic E-state index is 0.154. The lowest BCUT2D eigenvalue weighted by Gasteiger charge is -2.30. The lowest BCUT2D eigenvalue weighted by Crippen LogP contribution is -2.51. The van der Waals surface area contributed by atoms with E-state index >= 15 is 0 Å². The number of benzene rings is 1. The Bertz CT molecular complexity index is 458. The van der Waals surface area contributed by atoms with E-state index in [4.69, 9.17) is 16.3 Å². The van der Waals surface area contributed by atoms with Crippen molar-refractivity contribution in [1.29, 1.82) is 0 Å². The van der Waals surface area contributed by atoms with E-state index in [9.17, 15) is 4.79 Å². The van der Waals surface area contributed by atoms with Gasteiger partial charge in [0.25, 0.3) is 0 Å². The molecule has 2 rings (SSSR count). The van der Waals surface area contributed by atoms with Crippen molar-refractivity contribution in [2.75, 3.05) is 26.3 Å². The van der Waals surface area contributed by atoms with Crippen molar-refractivity contribution in [3.8, 4) is 0 Å². The van der Waals surface area contributed by atoms with Crippen molar-refractivity contribution in [2.24, 2.45) is 0 Å². The zero-order valence-electron chi connectivity index (χ0n) is 12.6. The monoisotopic (exact) mass is 310 g/mol. The lowest BCUT2D eigenvalue weighted by molar-refractivity contribution is -0.137. The molecule has 1 aliphatic heterocycles. The second-order valence-electron chi connectivity index (χ2n) is 5.56. The molecule has 1 aromatic carbocycles. The molecule has 1 saturated heterocycles. The van der Waals surface area contributed by atoms with Gasteiger partial charge in [-0.3, -0.25) is 4.79 Å². The van der Waals surface area contributed by atoms with Gasteiger partial charge < -0.3 is 15.0 Å². The summed E-state index contributed by atoms with van der Waals surface area (Å²) >= 11 is 5.88. The van der Waals surface area contributed by atoms with Crippen molar-refractivity contribution in [3.63, 3.8) is 0 Å². The second-order valence-corrected chi connectivity index (χ2v) is 5.99. The molecule has 0 spiro atoms. The van der Waals surface area contributed by atoms with Crippen LogP contribution < -0.4 is 5.32 Å². The van der Waals surface area contributed by atoms with E-state index in [0.29, 0.717) is 26.3 Å². The number of carbonyl (C=O) groups is 1. The number of amides is 1. The summed E-state index contributed by atoms with van der Waals surface area (Å²) in [6.45, 7) is 6.68. The highest BCUT2D eigenvalue weighted by atomic mass is 35.5. The molecule has 0 radical (unpaired) electrons. The summed E-state index contributed by atoms with van der Waals surface area (Å²) in [4.78, 5) is 14.2. The van der Waals surface area contributed by atoms with Gasteiger partial charge in [0.2, 0.25) is 5.91 Å². The van der Waals surface area contributed by atoms with Crippen LogP contribution in [0.4, 0.5) is 0 Å². The van der Waals surface area contributed by atoms with Gasteiger partial charge in [0.05, 0.1) is 19.3 Å². The number of carbonyl (C=O) groups excluding carboxylic acids is 1. The zero-order chi connectivity index (χ0) is 15.2. The predicted molar refractivity (Wildman–Crippen MR) is 84.6 cm³/mol. The van der Waals surface area contributed by atoms with Crippen LogP contribution in [0.5, 0.6) is 0 Å². The molecule has 21 heavy (non-hydrogen) atoms. The predicted octanol–water partition coefficient (Wildman–Crippen LogP) is 2.11. The van der Waals surface area contributed by atoms with Crippen molar-refractivity contribution < 1.29 is 9.53 Å². The van der Waals surface area contributed by atoms with E-state index in [-0.39, 0.29) is 18.0 Å².